The van der Waals surface area contributed by atoms with Gasteiger partial charge in [-0.25, -0.2) is 9.36 Å². The number of hydrogen-bond donors (Lipinski definition) is 3. The summed E-state index contributed by atoms with van der Waals surface area (Å²) >= 11 is 0. The quantitative estimate of drug-likeness (QED) is 0.568. The van der Waals surface area contributed by atoms with Crippen molar-refractivity contribution in [2.75, 3.05) is 35.0 Å². The van der Waals surface area contributed by atoms with Crippen molar-refractivity contribution in [1.82, 2.24) is 10.6 Å². The van der Waals surface area contributed by atoms with Crippen LogP contribution in [0.4, 0.5) is 4.79 Å². The Balaban J connectivity index is 2.88. The molecule has 1 fully saturated rings. The van der Waals surface area contributed by atoms with E-state index in [-0.39, 0.29) is 18.0 Å². The molecule has 21 heavy (non-hydrogen) atoms. The molecule has 0 radical (unpaired) electrons. The maximum absolute atomic E-state index is 11.7. The van der Waals surface area contributed by atoms with Gasteiger partial charge in [-0.1, -0.05) is 0 Å². The van der Waals surface area contributed by atoms with Crippen molar-refractivity contribution in [2.45, 2.75) is 24.7 Å². The zero-order valence-corrected chi connectivity index (χ0v) is 13.5. The first-order chi connectivity index (χ1) is 9.88. The van der Waals surface area contributed by atoms with Crippen molar-refractivity contribution in [1.29, 1.82) is 0 Å². The number of ether oxygens (including phenoxy) is 2. The number of phosphoric ester groups is 1. The van der Waals surface area contributed by atoms with Gasteiger partial charge in [-0.3, -0.25) is 9.05 Å². The Hall–Kier alpha value is -0.700. The average molecular weight is 326 g/mol. The van der Waals surface area contributed by atoms with Crippen LogP contribution in [0.15, 0.2) is 0 Å². The summed E-state index contributed by atoms with van der Waals surface area (Å²) in [4.78, 5) is 21.0. The van der Waals surface area contributed by atoms with Crippen LogP contribution in [0.1, 0.15) is 6.42 Å². The fourth-order valence-corrected chi connectivity index (χ4v) is 3.18. The number of carbonyl (C=O) groups excluding carboxylic acids is 1. The van der Waals surface area contributed by atoms with Gasteiger partial charge in [0.1, 0.15) is 12.2 Å². The van der Waals surface area contributed by atoms with Crippen molar-refractivity contribution >= 4 is 13.9 Å². The minimum absolute atomic E-state index is 0.210. The standard InChI is InChI=1S/C11H23N2O7P/c1-12-11(14)13-8-5-7(6-17-2)9(10(8)18-3)20-21(15,16)19-4/h7-10H,5-6H2,1-4H3,(H,15,16)(H2,12,13,14)/t7-,8+,9?,10-/m1/s1. The molecule has 0 bridgehead atoms. The summed E-state index contributed by atoms with van der Waals surface area (Å²) in [6.45, 7) is 0.306. The molecule has 0 spiro atoms. The third-order valence-electron chi connectivity index (χ3n) is 3.42. The highest BCUT2D eigenvalue weighted by Crippen LogP contribution is 2.48. The van der Waals surface area contributed by atoms with Crippen LogP contribution in [0.5, 0.6) is 0 Å². The van der Waals surface area contributed by atoms with Gasteiger partial charge < -0.3 is 25.0 Å². The first kappa shape index (κ1) is 18.3. The molecule has 0 saturated heterocycles. The van der Waals surface area contributed by atoms with Crippen LogP contribution in [-0.4, -0.2) is 64.2 Å². The van der Waals surface area contributed by atoms with Gasteiger partial charge in [-0.2, -0.15) is 0 Å². The highest BCUT2D eigenvalue weighted by Gasteiger charge is 2.48. The fraction of sp³-hybridized carbons (Fsp3) is 0.909. The molecule has 2 amide bonds. The lowest BCUT2D eigenvalue weighted by Gasteiger charge is -2.26. The fourth-order valence-electron chi connectivity index (χ4n) is 2.49. The molecule has 2 unspecified atom stereocenters. The Labute approximate surface area is 123 Å². The van der Waals surface area contributed by atoms with Crippen molar-refractivity contribution in [2.24, 2.45) is 5.92 Å². The topological polar surface area (TPSA) is 115 Å². The highest BCUT2D eigenvalue weighted by atomic mass is 31.2. The second kappa shape index (κ2) is 8.07. The number of urea groups is 1. The van der Waals surface area contributed by atoms with Gasteiger partial charge in [0.05, 0.1) is 12.6 Å². The Bertz CT molecular complexity index is 395. The lowest BCUT2D eigenvalue weighted by Crippen LogP contribution is -2.47. The number of nitrogens with one attached hydrogen (secondary N) is 2. The SMILES string of the molecule is CNC(=O)N[C@H]1C[C@H](COC)C(OP(=O)(O)OC)[C@@H]1OC. The highest BCUT2D eigenvalue weighted by molar-refractivity contribution is 7.47. The minimum atomic E-state index is -4.17. The lowest BCUT2D eigenvalue weighted by atomic mass is 10.1. The lowest BCUT2D eigenvalue weighted by molar-refractivity contribution is -0.0287. The van der Waals surface area contributed by atoms with Crippen LogP contribution in [0.25, 0.3) is 0 Å². The molecule has 1 rings (SSSR count). The molecule has 0 aliphatic heterocycles. The average Bonchev–Trinajstić information content (AvgIpc) is 2.75. The second-order valence-corrected chi connectivity index (χ2v) is 6.22. The molecule has 3 N–H and O–H groups in total. The molecular formula is C11H23N2O7P. The molecule has 0 aromatic heterocycles. The van der Waals surface area contributed by atoms with E-state index >= 15 is 0 Å². The smallest absolute Gasteiger partial charge is 0.384 e. The van der Waals surface area contributed by atoms with Crippen molar-refractivity contribution in [3.63, 3.8) is 0 Å². The summed E-state index contributed by atoms with van der Waals surface area (Å²) in [5.74, 6) is -0.210. The van der Waals surface area contributed by atoms with Gasteiger partial charge >= 0.3 is 13.9 Å². The van der Waals surface area contributed by atoms with Gasteiger partial charge in [0.15, 0.2) is 0 Å². The number of amides is 2. The molecule has 1 saturated carbocycles. The van der Waals surface area contributed by atoms with E-state index in [4.69, 9.17) is 14.0 Å². The van der Waals surface area contributed by atoms with Gasteiger partial charge in [0.25, 0.3) is 0 Å². The van der Waals surface area contributed by atoms with Crippen molar-refractivity contribution in [3.05, 3.63) is 0 Å². The molecule has 124 valence electrons. The van der Waals surface area contributed by atoms with Crippen molar-refractivity contribution in [3.8, 4) is 0 Å². The number of rotatable bonds is 7. The Morgan fingerprint density at radius 3 is 2.48 bits per heavy atom. The summed E-state index contributed by atoms with van der Waals surface area (Å²) in [6.07, 6.45) is -0.820. The molecule has 5 atom stereocenters. The monoisotopic (exact) mass is 326 g/mol. The Kier molecular flexibility index (Phi) is 7.05. The van der Waals surface area contributed by atoms with Gasteiger partial charge in [0.2, 0.25) is 0 Å². The number of carbonyl (C=O) groups is 1. The number of methoxy groups -OCH3 is 2. The molecule has 0 aromatic rings. The Morgan fingerprint density at radius 2 is 2.00 bits per heavy atom. The molecule has 10 heteroatoms. The summed E-state index contributed by atoms with van der Waals surface area (Å²) in [5, 5.41) is 5.18. The summed E-state index contributed by atoms with van der Waals surface area (Å²) in [7, 11) is 1.39. The van der Waals surface area contributed by atoms with Crippen LogP contribution < -0.4 is 10.6 Å². The summed E-state index contributed by atoms with van der Waals surface area (Å²) < 4.78 is 31.7. The minimum Gasteiger partial charge on any atom is -0.384 e. The van der Waals surface area contributed by atoms with E-state index in [1.54, 1.807) is 0 Å². The van der Waals surface area contributed by atoms with Gasteiger partial charge in [-0.05, 0) is 6.42 Å². The van der Waals surface area contributed by atoms with Crippen LogP contribution >= 0.6 is 7.82 Å². The molecular weight excluding hydrogens is 303 g/mol. The van der Waals surface area contributed by atoms with Gasteiger partial charge in [0, 0.05) is 34.3 Å². The molecule has 1 aliphatic carbocycles. The van der Waals surface area contributed by atoms with E-state index in [0.29, 0.717) is 13.0 Å². The molecule has 0 heterocycles. The first-order valence-electron chi connectivity index (χ1n) is 6.45. The Morgan fingerprint density at radius 1 is 1.33 bits per heavy atom. The zero-order valence-electron chi connectivity index (χ0n) is 12.6. The summed E-state index contributed by atoms with van der Waals surface area (Å²) in [6, 6.07) is -0.727. The van der Waals surface area contributed by atoms with Crippen LogP contribution in [0, 0.1) is 5.92 Å². The van der Waals surface area contributed by atoms with E-state index in [0.717, 1.165) is 7.11 Å². The largest absolute Gasteiger partial charge is 0.472 e. The van der Waals surface area contributed by atoms with E-state index in [2.05, 4.69) is 15.2 Å². The summed E-state index contributed by atoms with van der Waals surface area (Å²) in [5.41, 5.74) is 0. The van der Waals surface area contributed by atoms with E-state index in [1.165, 1.54) is 21.3 Å². The third kappa shape index (κ3) is 4.91. The van der Waals surface area contributed by atoms with Crippen LogP contribution in [0.3, 0.4) is 0 Å². The van der Waals surface area contributed by atoms with E-state index < -0.39 is 20.0 Å². The zero-order chi connectivity index (χ0) is 16.0. The van der Waals surface area contributed by atoms with Gasteiger partial charge in [-0.15, -0.1) is 0 Å². The number of phosphoric acid groups is 1. The molecule has 1 aliphatic rings. The second-order valence-electron chi connectivity index (χ2n) is 4.70. The maximum Gasteiger partial charge on any atom is 0.472 e. The van der Waals surface area contributed by atoms with Crippen LogP contribution in [0.2, 0.25) is 0 Å². The van der Waals surface area contributed by atoms with Crippen LogP contribution in [-0.2, 0) is 23.1 Å². The number of hydrogen-bond acceptors (Lipinski definition) is 6. The third-order valence-corrected chi connectivity index (χ3v) is 4.40. The van der Waals surface area contributed by atoms with E-state index in [1.807, 2.05) is 0 Å². The molecule has 0 aromatic carbocycles. The normalized spacial score (nSPS) is 31.7. The molecule has 9 nitrogen and oxygen atoms in total. The van der Waals surface area contributed by atoms with Crippen molar-refractivity contribution < 1.29 is 32.8 Å². The maximum atomic E-state index is 11.7. The van der Waals surface area contributed by atoms with E-state index in [9.17, 15) is 14.3 Å². The first-order valence-corrected chi connectivity index (χ1v) is 7.95. The predicted molar refractivity (Wildman–Crippen MR) is 73.9 cm³/mol. The predicted octanol–water partition coefficient (Wildman–Crippen LogP) is 0.0973.